The van der Waals surface area contributed by atoms with Crippen LogP contribution in [0.25, 0.3) is 0 Å². The minimum absolute atomic E-state index is 0.327. The molecular weight excluding hydrogens is 268 g/mol. The molecule has 2 rings (SSSR count). The predicted octanol–water partition coefficient (Wildman–Crippen LogP) is 6.40. The van der Waals surface area contributed by atoms with E-state index in [4.69, 9.17) is 0 Å². The van der Waals surface area contributed by atoms with E-state index in [1.807, 2.05) is 0 Å². The Kier molecular flexibility index (Phi) is 5.78. The van der Waals surface area contributed by atoms with Crippen molar-refractivity contribution in [2.45, 2.75) is 98.8 Å². The number of hydrogen-bond acceptors (Lipinski definition) is 1. The van der Waals surface area contributed by atoms with Crippen molar-refractivity contribution in [2.75, 3.05) is 0 Å². The van der Waals surface area contributed by atoms with E-state index in [0.717, 1.165) is 24.7 Å². The molecule has 128 valence electrons. The van der Waals surface area contributed by atoms with Gasteiger partial charge in [-0.2, -0.15) is 0 Å². The molecule has 0 radical (unpaired) electrons. The Balaban J connectivity index is 1.90. The van der Waals surface area contributed by atoms with Crippen LogP contribution < -0.4 is 0 Å². The van der Waals surface area contributed by atoms with E-state index >= 15 is 0 Å². The fourth-order valence-electron chi connectivity index (χ4n) is 5.56. The van der Waals surface area contributed by atoms with Crippen LogP contribution in [0.3, 0.4) is 0 Å². The molecule has 0 aromatic rings. The SMILES string of the molecule is CCC(C)(CC)CCC[C@H](C)C1CC[C@H]2C(=O)CCC[C@]12C. The Labute approximate surface area is 138 Å². The molecule has 1 heteroatoms. The summed E-state index contributed by atoms with van der Waals surface area (Å²) in [6.45, 7) is 12.0. The Morgan fingerprint density at radius 3 is 2.59 bits per heavy atom. The highest BCUT2D eigenvalue weighted by Crippen LogP contribution is 2.57. The summed E-state index contributed by atoms with van der Waals surface area (Å²) in [6, 6.07) is 0. The molecule has 0 spiro atoms. The van der Waals surface area contributed by atoms with Gasteiger partial charge in [-0.15, -0.1) is 0 Å². The van der Waals surface area contributed by atoms with Gasteiger partial charge in [0.1, 0.15) is 5.78 Å². The summed E-state index contributed by atoms with van der Waals surface area (Å²) in [5, 5.41) is 0. The smallest absolute Gasteiger partial charge is 0.136 e. The van der Waals surface area contributed by atoms with Crippen LogP contribution in [0.1, 0.15) is 98.8 Å². The lowest BCUT2D eigenvalue weighted by atomic mass is 9.62. The highest BCUT2D eigenvalue weighted by Gasteiger charge is 2.52. The van der Waals surface area contributed by atoms with Crippen LogP contribution in [0.15, 0.2) is 0 Å². The van der Waals surface area contributed by atoms with E-state index in [-0.39, 0.29) is 0 Å². The van der Waals surface area contributed by atoms with E-state index in [9.17, 15) is 4.79 Å². The van der Waals surface area contributed by atoms with Gasteiger partial charge in [0.05, 0.1) is 0 Å². The van der Waals surface area contributed by atoms with Crippen molar-refractivity contribution in [3.63, 3.8) is 0 Å². The molecule has 1 nitrogen and oxygen atoms in total. The third kappa shape index (κ3) is 3.44. The zero-order chi connectivity index (χ0) is 16.4. The molecule has 22 heavy (non-hydrogen) atoms. The average molecular weight is 307 g/mol. The maximum atomic E-state index is 12.3. The van der Waals surface area contributed by atoms with Gasteiger partial charge in [-0.05, 0) is 54.8 Å². The molecule has 1 unspecified atom stereocenters. The standard InChI is InChI=1S/C21H38O/c1-6-20(4,7-2)14-8-10-16(3)17-12-13-18-19(22)11-9-15-21(17,18)5/h16-18H,6-15H2,1-5H3/t16-,17?,18-,21+/m0/s1. The van der Waals surface area contributed by atoms with E-state index in [1.165, 1.54) is 51.4 Å². The van der Waals surface area contributed by atoms with Crippen molar-refractivity contribution >= 4 is 5.78 Å². The normalized spacial score (nSPS) is 33.8. The third-order valence-corrected chi connectivity index (χ3v) is 7.77. The van der Waals surface area contributed by atoms with Gasteiger partial charge in [-0.3, -0.25) is 4.79 Å². The molecule has 0 amide bonds. The highest BCUT2D eigenvalue weighted by atomic mass is 16.1. The highest BCUT2D eigenvalue weighted by molar-refractivity contribution is 5.83. The van der Waals surface area contributed by atoms with Gasteiger partial charge in [-0.25, -0.2) is 0 Å². The van der Waals surface area contributed by atoms with Crippen LogP contribution in [0.2, 0.25) is 0 Å². The zero-order valence-electron chi connectivity index (χ0n) is 15.7. The lowest BCUT2D eigenvalue weighted by molar-refractivity contribution is -0.130. The number of carbonyl (C=O) groups excluding carboxylic acids is 1. The molecule has 2 fully saturated rings. The summed E-state index contributed by atoms with van der Waals surface area (Å²) < 4.78 is 0. The number of rotatable bonds is 7. The van der Waals surface area contributed by atoms with Crippen molar-refractivity contribution in [1.82, 2.24) is 0 Å². The molecule has 0 bridgehead atoms. The second kappa shape index (κ2) is 7.05. The minimum atomic E-state index is 0.327. The summed E-state index contributed by atoms with van der Waals surface area (Å²) in [4.78, 5) is 12.3. The monoisotopic (exact) mass is 306 g/mol. The van der Waals surface area contributed by atoms with Crippen LogP contribution in [0.4, 0.5) is 0 Å². The fourth-order valence-corrected chi connectivity index (χ4v) is 5.56. The topological polar surface area (TPSA) is 17.1 Å². The van der Waals surface area contributed by atoms with Gasteiger partial charge in [0.2, 0.25) is 0 Å². The second-order valence-electron chi connectivity index (χ2n) is 8.95. The van der Waals surface area contributed by atoms with E-state index in [0.29, 0.717) is 22.5 Å². The maximum absolute atomic E-state index is 12.3. The molecule has 0 aliphatic heterocycles. The molecule has 0 heterocycles. The van der Waals surface area contributed by atoms with Crippen LogP contribution in [-0.2, 0) is 4.79 Å². The molecule has 2 aliphatic rings. The molecule has 2 aliphatic carbocycles. The van der Waals surface area contributed by atoms with Gasteiger partial charge >= 0.3 is 0 Å². The molecular formula is C21H38O. The number of fused-ring (bicyclic) bond motifs is 1. The van der Waals surface area contributed by atoms with Gasteiger partial charge in [0, 0.05) is 12.3 Å². The van der Waals surface area contributed by atoms with Crippen molar-refractivity contribution < 1.29 is 4.79 Å². The van der Waals surface area contributed by atoms with Crippen molar-refractivity contribution in [1.29, 1.82) is 0 Å². The maximum Gasteiger partial charge on any atom is 0.136 e. The summed E-state index contributed by atoms with van der Waals surface area (Å²) >= 11 is 0. The van der Waals surface area contributed by atoms with E-state index < -0.39 is 0 Å². The van der Waals surface area contributed by atoms with Crippen LogP contribution >= 0.6 is 0 Å². The van der Waals surface area contributed by atoms with Crippen molar-refractivity contribution in [3.8, 4) is 0 Å². The molecule has 0 aromatic carbocycles. The van der Waals surface area contributed by atoms with E-state index in [2.05, 4.69) is 34.6 Å². The largest absolute Gasteiger partial charge is 0.299 e. The fraction of sp³-hybridized carbons (Fsp3) is 0.952. The first kappa shape index (κ1) is 18.0. The first-order valence-corrected chi connectivity index (χ1v) is 9.89. The van der Waals surface area contributed by atoms with Gasteiger partial charge in [0.25, 0.3) is 0 Å². The molecule has 0 aromatic heterocycles. The third-order valence-electron chi connectivity index (χ3n) is 7.77. The minimum Gasteiger partial charge on any atom is -0.299 e. The number of Topliss-reactive ketones (excluding diaryl/α,β-unsaturated/α-hetero) is 1. The summed E-state index contributed by atoms with van der Waals surface area (Å²) in [5.41, 5.74) is 0.871. The summed E-state index contributed by atoms with van der Waals surface area (Å²) in [6.07, 6.45) is 12.5. The Hall–Kier alpha value is -0.330. The molecule has 4 atom stereocenters. The number of carbonyl (C=O) groups is 1. The Morgan fingerprint density at radius 1 is 1.27 bits per heavy atom. The zero-order valence-corrected chi connectivity index (χ0v) is 15.7. The molecule has 2 saturated carbocycles. The Morgan fingerprint density at radius 2 is 1.95 bits per heavy atom. The molecule has 0 N–H and O–H groups in total. The first-order valence-electron chi connectivity index (χ1n) is 9.89. The number of hydrogen-bond donors (Lipinski definition) is 0. The lowest BCUT2D eigenvalue weighted by Crippen LogP contribution is -2.39. The Bertz CT molecular complexity index is 381. The van der Waals surface area contributed by atoms with Gasteiger partial charge in [-0.1, -0.05) is 60.3 Å². The quantitative estimate of drug-likeness (QED) is 0.531. The summed E-state index contributed by atoms with van der Waals surface area (Å²) in [7, 11) is 0. The second-order valence-corrected chi connectivity index (χ2v) is 8.95. The van der Waals surface area contributed by atoms with Crippen LogP contribution in [0, 0.1) is 28.6 Å². The van der Waals surface area contributed by atoms with Crippen molar-refractivity contribution in [3.05, 3.63) is 0 Å². The summed E-state index contributed by atoms with van der Waals surface area (Å²) in [5.74, 6) is 2.55. The van der Waals surface area contributed by atoms with Gasteiger partial charge in [0.15, 0.2) is 0 Å². The first-order chi connectivity index (χ1) is 10.4. The van der Waals surface area contributed by atoms with Crippen LogP contribution in [0.5, 0.6) is 0 Å². The average Bonchev–Trinajstić information content (AvgIpc) is 2.85. The molecule has 0 saturated heterocycles. The van der Waals surface area contributed by atoms with E-state index in [1.54, 1.807) is 0 Å². The number of ketones is 1. The van der Waals surface area contributed by atoms with Crippen LogP contribution in [-0.4, -0.2) is 5.78 Å². The van der Waals surface area contributed by atoms with Gasteiger partial charge < -0.3 is 0 Å². The van der Waals surface area contributed by atoms with Crippen molar-refractivity contribution in [2.24, 2.45) is 28.6 Å². The predicted molar refractivity (Wildman–Crippen MR) is 94.9 cm³/mol. The lowest BCUT2D eigenvalue weighted by Gasteiger charge is -2.42.